The van der Waals surface area contributed by atoms with Gasteiger partial charge in [0.1, 0.15) is 0 Å². The van der Waals surface area contributed by atoms with Crippen LogP contribution in [0.25, 0.3) is 11.3 Å². The molecular formula is C9H7FN2O2. The molecule has 0 spiro atoms. The number of hydrogen-bond acceptors (Lipinski definition) is 3. The van der Waals surface area contributed by atoms with Crippen LogP contribution in [0.4, 0.5) is 4.39 Å². The Labute approximate surface area is 79.1 Å². The van der Waals surface area contributed by atoms with Crippen molar-refractivity contribution in [3.05, 3.63) is 41.0 Å². The highest BCUT2D eigenvalue weighted by molar-refractivity contribution is 5.57. The minimum absolute atomic E-state index is 0.0694. The van der Waals surface area contributed by atoms with Crippen LogP contribution >= 0.6 is 0 Å². The van der Waals surface area contributed by atoms with Crippen LogP contribution in [0, 0.1) is 18.1 Å². The molecule has 14 heavy (non-hydrogen) atoms. The van der Waals surface area contributed by atoms with Crippen LogP contribution in [0.15, 0.2) is 28.9 Å². The van der Waals surface area contributed by atoms with Gasteiger partial charge in [-0.15, -0.1) is 0 Å². The number of aryl methyl sites for hydroxylation is 1. The second-order valence-corrected chi connectivity index (χ2v) is 2.94. The van der Waals surface area contributed by atoms with Crippen molar-refractivity contribution in [2.45, 2.75) is 6.92 Å². The van der Waals surface area contributed by atoms with Crippen molar-refractivity contribution in [1.29, 1.82) is 0 Å². The first-order valence-corrected chi connectivity index (χ1v) is 4.01. The third-order valence-electron chi connectivity index (χ3n) is 1.89. The average molecular weight is 194 g/mol. The van der Waals surface area contributed by atoms with Gasteiger partial charge in [-0.25, -0.2) is 0 Å². The van der Waals surface area contributed by atoms with Gasteiger partial charge in [0.2, 0.25) is 0 Å². The van der Waals surface area contributed by atoms with Crippen molar-refractivity contribution < 1.29 is 13.9 Å². The summed E-state index contributed by atoms with van der Waals surface area (Å²) >= 11 is 0. The van der Waals surface area contributed by atoms with E-state index in [4.69, 9.17) is 0 Å². The molecule has 0 saturated heterocycles. The van der Waals surface area contributed by atoms with E-state index in [0.717, 1.165) is 5.56 Å². The predicted molar refractivity (Wildman–Crippen MR) is 45.6 cm³/mol. The molecule has 2 aromatic rings. The van der Waals surface area contributed by atoms with Crippen molar-refractivity contribution >= 4 is 0 Å². The van der Waals surface area contributed by atoms with Gasteiger partial charge < -0.3 is 5.21 Å². The van der Waals surface area contributed by atoms with Gasteiger partial charge in [-0.3, -0.25) is 4.63 Å². The Morgan fingerprint density at radius 2 is 2.00 bits per heavy atom. The predicted octanol–water partition coefficient (Wildman–Crippen LogP) is 1.42. The monoisotopic (exact) mass is 194 g/mol. The Balaban J connectivity index is 2.49. The number of hydrogen-bond donors (Lipinski definition) is 0. The molecule has 2 rings (SSSR count). The van der Waals surface area contributed by atoms with Crippen molar-refractivity contribution in [3.8, 4) is 11.3 Å². The van der Waals surface area contributed by atoms with Gasteiger partial charge in [0.05, 0.1) is 0 Å². The van der Waals surface area contributed by atoms with E-state index in [0.29, 0.717) is 5.56 Å². The average Bonchev–Trinajstić information content (AvgIpc) is 2.50. The largest absolute Gasteiger partial charge is 0.372 e. The Morgan fingerprint density at radius 1 is 1.36 bits per heavy atom. The molecule has 0 aliphatic carbocycles. The van der Waals surface area contributed by atoms with Crippen molar-refractivity contribution in [3.63, 3.8) is 0 Å². The molecule has 0 radical (unpaired) electrons. The van der Waals surface area contributed by atoms with E-state index in [1.54, 1.807) is 24.3 Å². The second-order valence-electron chi connectivity index (χ2n) is 2.94. The molecule has 0 N–H and O–H groups in total. The smallest absolute Gasteiger partial charge is 0.357 e. The molecule has 1 aromatic carbocycles. The lowest BCUT2D eigenvalue weighted by Crippen LogP contribution is -2.26. The van der Waals surface area contributed by atoms with Gasteiger partial charge in [0.15, 0.2) is 0 Å². The first-order valence-electron chi connectivity index (χ1n) is 4.01. The SMILES string of the molecule is Cc1ccc(-c2no[n+]([O-])c2F)cc1. The highest BCUT2D eigenvalue weighted by Crippen LogP contribution is 2.18. The fourth-order valence-electron chi connectivity index (χ4n) is 1.12. The maximum absolute atomic E-state index is 13.0. The minimum atomic E-state index is -1.02. The maximum Gasteiger partial charge on any atom is 0.372 e. The van der Waals surface area contributed by atoms with Gasteiger partial charge in [-0.2, -0.15) is 4.39 Å². The van der Waals surface area contributed by atoms with Crippen molar-refractivity contribution in [2.75, 3.05) is 0 Å². The van der Waals surface area contributed by atoms with E-state index in [1.165, 1.54) is 0 Å². The summed E-state index contributed by atoms with van der Waals surface area (Å²) < 4.78 is 17.2. The number of halogens is 1. The van der Waals surface area contributed by atoms with Crippen LogP contribution in [0.1, 0.15) is 5.56 Å². The zero-order valence-electron chi connectivity index (χ0n) is 7.40. The van der Waals surface area contributed by atoms with Gasteiger partial charge in [0, 0.05) is 10.7 Å². The van der Waals surface area contributed by atoms with Crippen LogP contribution in [-0.2, 0) is 0 Å². The van der Waals surface area contributed by atoms with E-state index in [9.17, 15) is 9.60 Å². The molecule has 0 bridgehead atoms. The van der Waals surface area contributed by atoms with Crippen LogP contribution in [0.2, 0.25) is 0 Å². The zero-order chi connectivity index (χ0) is 10.1. The molecule has 4 nitrogen and oxygen atoms in total. The van der Waals surface area contributed by atoms with Gasteiger partial charge >= 0.3 is 5.95 Å². The maximum atomic E-state index is 13.0. The van der Waals surface area contributed by atoms with Crippen LogP contribution < -0.4 is 4.90 Å². The van der Waals surface area contributed by atoms with Crippen LogP contribution in [0.3, 0.4) is 0 Å². The number of aromatic nitrogens is 2. The molecule has 0 saturated carbocycles. The first-order chi connectivity index (χ1) is 6.68. The minimum Gasteiger partial charge on any atom is -0.357 e. The fourth-order valence-corrected chi connectivity index (χ4v) is 1.12. The zero-order valence-corrected chi connectivity index (χ0v) is 7.40. The summed E-state index contributed by atoms with van der Waals surface area (Å²) in [7, 11) is 0. The summed E-state index contributed by atoms with van der Waals surface area (Å²) in [5.74, 6) is -1.02. The van der Waals surface area contributed by atoms with Crippen molar-refractivity contribution in [1.82, 2.24) is 5.16 Å². The number of nitrogens with zero attached hydrogens (tertiary/aromatic N) is 2. The molecule has 1 aromatic heterocycles. The number of benzene rings is 1. The third kappa shape index (κ3) is 1.32. The standard InChI is InChI=1S/C9H7FN2O2/c1-6-2-4-7(5-3-6)8-9(10)12(13)14-11-8/h2-5H,1H3. The van der Waals surface area contributed by atoms with E-state index >= 15 is 0 Å². The van der Waals surface area contributed by atoms with E-state index in [-0.39, 0.29) is 10.6 Å². The van der Waals surface area contributed by atoms with Crippen LogP contribution in [-0.4, -0.2) is 5.16 Å². The molecule has 0 unspecified atom stereocenters. The molecule has 5 heteroatoms. The Morgan fingerprint density at radius 3 is 2.50 bits per heavy atom. The van der Waals surface area contributed by atoms with Crippen molar-refractivity contribution in [2.24, 2.45) is 0 Å². The Hall–Kier alpha value is -1.91. The molecule has 0 amide bonds. The van der Waals surface area contributed by atoms with E-state index in [2.05, 4.69) is 9.79 Å². The topological polar surface area (TPSA) is 53.0 Å². The summed E-state index contributed by atoms with van der Waals surface area (Å²) in [6, 6.07) is 6.96. The second kappa shape index (κ2) is 3.10. The molecule has 1 heterocycles. The molecular weight excluding hydrogens is 187 g/mol. The normalized spacial score (nSPS) is 10.4. The van der Waals surface area contributed by atoms with E-state index < -0.39 is 5.95 Å². The quantitative estimate of drug-likeness (QED) is 0.645. The summed E-state index contributed by atoms with van der Waals surface area (Å²) in [5.41, 5.74) is 1.50. The summed E-state index contributed by atoms with van der Waals surface area (Å²) in [6.07, 6.45) is 0. The molecule has 0 fully saturated rings. The Bertz CT molecular complexity index is 450. The van der Waals surface area contributed by atoms with Gasteiger partial charge in [-0.1, -0.05) is 17.7 Å². The summed E-state index contributed by atoms with van der Waals surface area (Å²) in [4.78, 5) is -0.255. The fraction of sp³-hybridized carbons (Fsp3) is 0.111. The number of rotatable bonds is 1. The lowest BCUT2D eigenvalue weighted by atomic mass is 10.1. The van der Waals surface area contributed by atoms with Gasteiger partial charge in [-0.05, 0) is 24.0 Å². The summed E-state index contributed by atoms with van der Waals surface area (Å²) in [6.45, 7) is 1.91. The molecule has 0 aliphatic heterocycles. The Kier molecular flexibility index (Phi) is 1.92. The van der Waals surface area contributed by atoms with Gasteiger partial charge in [0.25, 0.3) is 5.69 Å². The lowest BCUT2D eigenvalue weighted by molar-refractivity contribution is -0.823. The molecule has 0 atom stereocenters. The highest BCUT2D eigenvalue weighted by atomic mass is 19.1. The van der Waals surface area contributed by atoms with Crippen LogP contribution in [0.5, 0.6) is 0 Å². The lowest BCUT2D eigenvalue weighted by Gasteiger charge is -1.92. The third-order valence-corrected chi connectivity index (χ3v) is 1.89. The summed E-state index contributed by atoms with van der Waals surface area (Å²) in [5, 5.41) is 13.9. The van der Waals surface area contributed by atoms with E-state index in [1.807, 2.05) is 6.92 Å². The first kappa shape index (κ1) is 8.68. The molecule has 72 valence electrons. The highest BCUT2D eigenvalue weighted by Gasteiger charge is 2.19. The molecule has 0 aliphatic rings.